The topological polar surface area (TPSA) is 97.5 Å². The number of nitrogens with two attached hydrogens (primary N) is 1. The molecule has 0 radical (unpaired) electrons. The number of aliphatic hydroxyl groups is 1. The van der Waals surface area contributed by atoms with E-state index in [1.54, 1.807) is 30.3 Å². The molecular formula is C17H17NO4S. The molecule has 120 valence electrons. The largest absolute Gasteiger partial charge is 0.372 e. The zero-order chi connectivity index (χ0) is 16.7. The van der Waals surface area contributed by atoms with E-state index in [-0.39, 0.29) is 15.7 Å². The van der Waals surface area contributed by atoms with Crippen molar-refractivity contribution in [2.75, 3.05) is 0 Å². The third-order valence-electron chi connectivity index (χ3n) is 4.11. The van der Waals surface area contributed by atoms with Gasteiger partial charge in [-0.1, -0.05) is 42.5 Å². The highest BCUT2D eigenvalue weighted by Gasteiger charge is 2.40. The van der Waals surface area contributed by atoms with Crippen molar-refractivity contribution in [3.63, 3.8) is 0 Å². The second kappa shape index (κ2) is 5.47. The summed E-state index contributed by atoms with van der Waals surface area (Å²) in [7, 11) is -3.31. The first-order chi connectivity index (χ1) is 10.9. The second-order valence-corrected chi connectivity index (χ2v) is 7.94. The van der Waals surface area contributed by atoms with E-state index in [2.05, 4.69) is 0 Å². The molecule has 3 N–H and O–H groups in total. The summed E-state index contributed by atoms with van der Waals surface area (Å²) in [4.78, 5) is 12.1. The summed E-state index contributed by atoms with van der Waals surface area (Å²) in [6.45, 7) is 0. The zero-order valence-corrected chi connectivity index (χ0v) is 13.2. The minimum absolute atomic E-state index is 0.198. The van der Waals surface area contributed by atoms with Crippen LogP contribution in [0.4, 0.5) is 0 Å². The number of sulfone groups is 1. The average Bonchev–Trinajstić information content (AvgIpc) is 3.40. The molecular weight excluding hydrogens is 314 g/mol. The predicted molar refractivity (Wildman–Crippen MR) is 85.3 cm³/mol. The minimum Gasteiger partial charge on any atom is -0.372 e. The molecule has 0 aliphatic heterocycles. The standard InChI is InChI=1S/C17H17NO4S/c18-16(19)17(20,12-4-2-1-3-5-12)13-6-8-14(9-7-13)23(21,22)15-10-11-15/h1-9,15,20H,10-11H2,(H2,18,19). The Labute approximate surface area is 134 Å². The monoisotopic (exact) mass is 331 g/mol. The number of primary amides is 1. The van der Waals surface area contributed by atoms with Crippen molar-refractivity contribution in [1.82, 2.24) is 0 Å². The molecule has 1 fully saturated rings. The molecule has 0 aromatic heterocycles. The van der Waals surface area contributed by atoms with Crippen LogP contribution in [0.5, 0.6) is 0 Å². The van der Waals surface area contributed by atoms with E-state index in [9.17, 15) is 18.3 Å². The van der Waals surface area contributed by atoms with Gasteiger partial charge < -0.3 is 10.8 Å². The maximum atomic E-state index is 12.2. The fourth-order valence-electron chi connectivity index (χ4n) is 2.59. The number of hydrogen-bond acceptors (Lipinski definition) is 4. The molecule has 1 aliphatic carbocycles. The molecule has 23 heavy (non-hydrogen) atoms. The van der Waals surface area contributed by atoms with Crippen LogP contribution in [-0.4, -0.2) is 24.7 Å². The van der Waals surface area contributed by atoms with Gasteiger partial charge in [-0.05, 0) is 36.1 Å². The molecule has 2 aromatic carbocycles. The normalized spacial score (nSPS) is 17.4. The summed E-state index contributed by atoms with van der Waals surface area (Å²) in [5.74, 6) is -0.915. The van der Waals surface area contributed by atoms with Gasteiger partial charge in [0, 0.05) is 0 Å². The fraction of sp³-hybridized carbons (Fsp3) is 0.235. The molecule has 0 spiro atoms. The van der Waals surface area contributed by atoms with Gasteiger partial charge in [0.2, 0.25) is 0 Å². The molecule has 5 nitrogen and oxygen atoms in total. The number of hydrogen-bond donors (Lipinski definition) is 2. The van der Waals surface area contributed by atoms with E-state index < -0.39 is 21.3 Å². The zero-order valence-electron chi connectivity index (χ0n) is 12.3. The Morgan fingerprint density at radius 1 is 1.00 bits per heavy atom. The SMILES string of the molecule is NC(=O)C(O)(c1ccccc1)c1ccc(S(=O)(=O)C2CC2)cc1. The first kappa shape index (κ1) is 15.7. The highest BCUT2D eigenvalue weighted by molar-refractivity contribution is 7.92. The molecule has 1 atom stereocenters. The van der Waals surface area contributed by atoms with E-state index in [1.165, 1.54) is 24.3 Å². The fourth-order valence-corrected chi connectivity index (χ4v) is 4.24. The quantitative estimate of drug-likeness (QED) is 0.864. The molecule has 1 unspecified atom stereocenters. The Morgan fingerprint density at radius 3 is 2.00 bits per heavy atom. The Morgan fingerprint density at radius 2 is 1.52 bits per heavy atom. The van der Waals surface area contributed by atoms with Crippen molar-refractivity contribution < 1.29 is 18.3 Å². The van der Waals surface area contributed by atoms with Crippen LogP contribution in [0.2, 0.25) is 0 Å². The number of carbonyl (C=O) groups is 1. The van der Waals surface area contributed by atoms with Crippen LogP contribution < -0.4 is 5.73 Å². The van der Waals surface area contributed by atoms with Gasteiger partial charge in [-0.15, -0.1) is 0 Å². The van der Waals surface area contributed by atoms with E-state index >= 15 is 0 Å². The maximum Gasteiger partial charge on any atom is 0.258 e. The summed E-state index contributed by atoms with van der Waals surface area (Å²) >= 11 is 0. The average molecular weight is 331 g/mol. The lowest BCUT2D eigenvalue weighted by molar-refractivity contribution is -0.133. The van der Waals surface area contributed by atoms with Gasteiger partial charge in [-0.25, -0.2) is 8.42 Å². The van der Waals surface area contributed by atoms with Crippen LogP contribution in [0.1, 0.15) is 24.0 Å². The van der Waals surface area contributed by atoms with Crippen molar-refractivity contribution in [3.8, 4) is 0 Å². The first-order valence-electron chi connectivity index (χ1n) is 7.29. The molecule has 0 bridgehead atoms. The maximum absolute atomic E-state index is 12.2. The van der Waals surface area contributed by atoms with Gasteiger partial charge in [0.25, 0.3) is 5.91 Å². The van der Waals surface area contributed by atoms with Crippen LogP contribution in [0, 0.1) is 0 Å². The summed E-state index contributed by atoms with van der Waals surface area (Å²) in [6, 6.07) is 14.0. The Kier molecular flexibility index (Phi) is 3.74. The first-order valence-corrected chi connectivity index (χ1v) is 8.83. The third kappa shape index (κ3) is 2.64. The third-order valence-corrected chi connectivity index (χ3v) is 6.39. The Balaban J connectivity index is 2.04. The number of amides is 1. The van der Waals surface area contributed by atoms with Gasteiger partial charge in [0.1, 0.15) is 0 Å². The van der Waals surface area contributed by atoms with E-state index in [1.807, 2.05) is 0 Å². The molecule has 3 rings (SSSR count). The Bertz CT molecular complexity index is 827. The number of benzene rings is 2. The lowest BCUT2D eigenvalue weighted by Crippen LogP contribution is -2.42. The van der Waals surface area contributed by atoms with Crippen molar-refractivity contribution in [1.29, 1.82) is 0 Å². The van der Waals surface area contributed by atoms with Crippen molar-refractivity contribution >= 4 is 15.7 Å². The van der Waals surface area contributed by atoms with Crippen LogP contribution in [-0.2, 0) is 20.2 Å². The van der Waals surface area contributed by atoms with Gasteiger partial charge in [-0.2, -0.15) is 0 Å². The van der Waals surface area contributed by atoms with Crippen molar-refractivity contribution in [2.45, 2.75) is 28.6 Å². The van der Waals surface area contributed by atoms with Crippen molar-refractivity contribution in [3.05, 3.63) is 65.7 Å². The van der Waals surface area contributed by atoms with Gasteiger partial charge in [0.05, 0.1) is 10.1 Å². The second-order valence-electron chi connectivity index (χ2n) is 5.71. The van der Waals surface area contributed by atoms with E-state index in [0.29, 0.717) is 18.4 Å². The summed E-state index contributed by atoms with van der Waals surface area (Å²) < 4.78 is 24.4. The molecule has 1 aliphatic rings. The minimum atomic E-state index is -3.31. The lowest BCUT2D eigenvalue weighted by atomic mass is 9.86. The molecule has 6 heteroatoms. The van der Waals surface area contributed by atoms with Gasteiger partial charge in [0.15, 0.2) is 15.4 Å². The molecule has 1 amide bonds. The number of carbonyl (C=O) groups excluding carboxylic acids is 1. The summed E-state index contributed by atoms with van der Waals surface area (Å²) in [5.41, 5.74) is 3.99. The highest BCUT2D eigenvalue weighted by Crippen LogP contribution is 2.35. The smallest absolute Gasteiger partial charge is 0.258 e. The predicted octanol–water partition coefficient (Wildman–Crippen LogP) is 1.34. The molecule has 2 aromatic rings. The van der Waals surface area contributed by atoms with Crippen LogP contribution in [0.15, 0.2) is 59.5 Å². The van der Waals surface area contributed by atoms with Crippen LogP contribution in [0.3, 0.4) is 0 Å². The summed E-state index contributed by atoms with van der Waals surface area (Å²) in [6.07, 6.45) is 1.36. The van der Waals surface area contributed by atoms with Crippen LogP contribution >= 0.6 is 0 Å². The van der Waals surface area contributed by atoms with Crippen LogP contribution in [0.25, 0.3) is 0 Å². The van der Waals surface area contributed by atoms with E-state index in [4.69, 9.17) is 5.73 Å². The Hall–Kier alpha value is -2.18. The molecule has 0 saturated heterocycles. The molecule has 0 heterocycles. The lowest BCUT2D eigenvalue weighted by Gasteiger charge is -2.25. The highest BCUT2D eigenvalue weighted by atomic mass is 32.2. The summed E-state index contributed by atoms with van der Waals surface area (Å²) in [5, 5.41) is 10.5. The van der Waals surface area contributed by atoms with Gasteiger partial charge >= 0.3 is 0 Å². The number of rotatable bonds is 5. The molecule has 1 saturated carbocycles. The van der Waals surface area contributed by atoms with Crippen molar-refractivity contribution in [2.24, 2.45) is 5.73 Å². The van der Waals surface area contributed by atoms with Gasteiger partial charge in [-0.3, -0.25) is 4.79 Å². The van der Waals surface area contributed by atoms with E-state index in [0.717, 1.165) is 0 Å².